The maximum Gasteiger partial charge on any atom is 0.165 e. The van der Waals surface area contributed by atoms with Crippen molar-refractivity contribution < 1.29 is 0 Å². The van der Waals surface area contributed by atoms with Crippen LogP contribution in [0.2, 0.25) is 0 Å². The van der Waals surface area contributed by atoms with Crippen molar-refractivity contribution in [1.82, 2.24) is 15.0 Å². The zero-order valence-electron chi connectivity index (χ0n) is 29.6. The number of fused-ring (bicyclic) bond motifs is 7. The Morgan fingerprint density at radius 3 is 1.69 bits per heavy atom. The van der Waals surface area contributed by atoms with E-state index >= 15 is 0 Å². The Bertz CT molecular complexity index is 3270. The molecular formula is C51H31N3S. The Balaban J connectivity index is 1.10. The highest BCUT2D eigenvalue weighted by Crippen LogP contribution is 2.41. The highest BCUT2D eigenvalue weighted by molar-refractivity contribution is 7.26. The quantitative estimate of drug-likeness (QED) is 0.166. The predicted octanol–water partition coefficient (Wildman–Crippen LogP) is 14.0. The summed E-state index contributed by atoms with van der Waals surface area (Å²) in [6.45, 7) is 0. The lowest BCUT2D eigenvalue weighted by molar-refractivity contribution is 1.08. The molecule has 0 spiro atoms. The van der Waals surface area contributed by atoms with E-state index in [2.05, 4.69) is 188 Å². The van der Waals surface area contributed by atoms with Crippen LogP contribution < -0.4 is 0 Å². The number of rotatable bonds is 5. The maximum atomic E-state index is 5.28. The van der Waals surface area contributed by atoms with Crippen molar-refractivity contribution in [3.63, 3.8) is 0 Å². The highest BCUT2D eigenvalue weighted by atomic mass is 32.1. The molecule has 2 aromatic heterocycles. The number of nitrogens with zero attached hydrogens (tertiary/aromatic N) is 3. The van der Waals surface area contributed by atoms with E-state index < -0.39 is 0 Å². The van der Waals surface area contributed by atoms with Gasteiger partial charge in [-0.15, -0.1) is 11.3 Å². The smallest absolute Gasteiger partial charge is 0.165 e. The molecule has 0 fully saturated rings. The molecule has 0 radical (unpaired) electrons. The van der Waals surface area contributed by atoms with Crippen LogP contribution in [0.15, 0.2) is 188 Å². The van der Waals surface area contributed by atoms with Crippen molar-refractivity contribution in [1.29, 1.82) is 0 Å². The van der Waals surface area contributed by atoms with Crippen molar-refractivity contribution in [2.45, 2.75) is 0 Å². The van der Waals surface area contributed by atoms with Crippen LogP contribution in [0.1, 0.15) is 0 Å². The Hall–Kier alpha value is -7.01. The Morgan fingerprint density at radius 1 is 0.291 bits per heavy atom. The lowest BCUT2D eigenvalue weighted by Crippen LogP contribution is -2.01. The third-order valence-electron chi connectivity index (χ3n) is 10.7. The van der Waals surface area contributed by atoms with Crippen LogP contribution in [0.4, 0.5) is 0 Å². The van der Waals surface area contributed by atoms with Gasteiger partial charge in [-0.3, -0.25) is 0 Å². The van der Waals surface area contributed by atoms with Gasteiger partial charge in [-0.25, -0.2) is 15.0 Å². The summed E-state index contributed by atoms with van der Waals surface area (Å²) in [4.78, 5) is 15.8. The molecule has 4 heteroatoms. The molecule has 0 bridgehead atoms. The van der Waals surface area contributed by atoms with Crippen molar-refractivity contribution in [2.75, 3.05) is 0 Å². The normalized spacial score (nSPS) is 11.6. The number of hydrogen-bond acceptors (Lipinski definition) is 4. The van der Waals surface area contributed by atoms with Gasteiger partial charge in [-0.1, -0.05) is 164 Å². The summed E-state index contributed by atoms with van der Waals surface area (Å²) in [5.41, 5.74) is 7.46. The molecule has 0 saturated carbocycles. The fraction of sp³-hybridized carbons (Fsp3) is 0. The van der Waals surface area contributed by atoms with Crippen molar-refractivity contribution >= 4 is 63.8 Å². The summed E-state index contributed by atoms with van der Waals surface area (Å²) in [6.07, 6.45) is 0. The van der Waals surface area contributed by atoms with Crippen LogP contribution in [0.5, 0.6) is 0 Å². The summed E-state index contributed by atoms with van der Waals surface area (Å²) in [5.74, 6) is 1.95. The first-order valence-corrected chi connectivity index (χ1v) is 19.3. The molecule has 0 atom stereocenters. The second kappa shape index (κ2) is 12.8. The first-order valence-electron chi connectivity index (χ1n) is 18.5. The third-order valence-corrected chi connectivity index (χ3v) is 12.0. The molecule has 11 aromatic rings. The third kappa shape index (κ3) is 5.38. The van der Waals surface area contributed by atoms with Crippen LogP contribution in [0, 0.1) is 0 Å². The summed E-state index contributed by atoms with van der Waals surface area (Å²) >= 11 is 1.79. The SMILES string of the molecule is c1ccc(-c2nc(-c3ccc(-c4cc5ccccc5c5ccccc45)cc3)nc(-c3cccc4c3sc3ccccc34)n2)c(-c2ccc3ccccc3c2)c1. The van der Waals surface area contributed by atoms with Crippen LogP contribution >= 0.6 is 11.3 Å². The Kier molecular flexibility index (Phi) is 7.35. The molecule has 11 rings (SSSR count). The van der Waals surface area contributed by atoms with E-state index in [0.717, 1.165) is 33.4 Å². The summed E-state index contributed by atoms with van der Waals surface area (Å²) < 4.78 is 2.42. The molecule has 256 valence electrons. The molecule has 0 amide bonds. The van der Waals surface area contributed by atoms with E-state index in [0.29, 0.717) is 17.5 Å². The molecule has 3 nitrogen and oxygen atoms in total. The average Bonchev–Trinajstić information content (AvgIpc) is 3.65. The Morgan fingerprint density at radius 2 is 0.855 bits per heavy atom. The van der Waals surface area contributed by atoms with Crippen LogP contribution in [-0.4, -0.2) is 15.0 Å². The van der Waals surface area contributed by atoms with Gasteiger partial charge in [0.1, 0.15) is 0 Å². The first-order chi connectivity index (χ1) is 27.2. The maximum absolute atomic E-state index is 5.28. The molecule has 0 unspecified atom stereocenters. The highest BCUT2D eigenvalue weighted by Gasteiger charge is 2.19. The first kappa shape index (κ1) is 31.5. The molecule has 2 heterocycles. The lowest BCUT2D eigenvalue weighted by atomic mass is 9.93. The minimum absolute atomic E-state index is 0.640. The van der Waals surface area contributed by atoms with Crippen molar-refractivity contribution in [2.24, 2.45) is 0 Å². The van der Waals surface area contributed by atoms with Gasteiger partial charge < -0.3 is 0 Å². The van der Waals surface area contributed by atoms with Gasteiger partial charge in [0, 0.05) is 36.9 Å². The van der Waals surface area contributed by atoms with Gasteiger partial charge in [0.15, 0.2) is 17.5 Å². The van der Waals surface area contributed by atoms with Gasteiger partial charge in [-0.05, 0) is 78.8 Å². The van der Waals surface area contributed by atoms with Gasteiger partial charge in [-0.2, -0.15) is 0 Å². The monoisotopic (exact) mass is 717 g/mol. The fourth-order valence-electron chi connectivity index (χ4n) is 8.05. The topological polar surface area (TPSA) is 38.7 Å². The lowest BCUT2D eigenvalue weighted by Gasteiger charge is -2.14. The number of thiophene rings is 1. The molecule has 9 aromatic carbocycles. The van der Waals surface area contributed by atoms with E-state index in [4.69, 9.17) is 15.0 Å². The minimum Gasteiger partial charge on any atom is -0.208 e. The number of hydrogen-bond donors (Lipinski definition) is 0. The van der Waals surface area contributed by atoms with E-state index in [1.54, 1.807) is 11.3 Å². The number of benzene rings is 9. The summed E-state index contributed by atoms with van der Waals surface area (Å²) in [6, 6.07) is 66.9. The molecule has 0 aliphatic carbocycles. The van der Waals surface area contributed by atoms with Crippen molar-refractivity contribution in [3.8, 4) is 56.4 Å². The second-order valence-corrected chi connectivity index (χ2v) is 15.0. The van der Waals surface area contributed by atoms with Crippen LogP contribution in [0.25, 0.3) is 109 Å². The van der Waals surface area contributed by atoms with E-state index in [1.807, 2.05) is 0 Å². The zero-order chi connectivity index (χ0) is 36.3. The molecular weight excluding hydrogens is 687 g/mol. The van der Waals surface area contributed by atoms with Crippen molar-refractivity contribution in [3.05, 3.63) is 188 Å². The van der Waals surface area contributed by atoms with E-state index in [-0.39, 0.29) is 0 Å². The van der Waals surface area contributed by atoms with Gasteiger partial charge >= 0.3 is 0 Å². The molecule has 0 aliphatic rings. The van der Waals surface area contributed by atoms with Gasteiger partial charge in [0.05, 0.1) is 0 Å². The van der Waals surface area contributed by atoms with Gasteiger partial charge in [0.25, 0.3) is 0 Å². The molecule has 0 saturated heterocycles. The van der Waals surface area contributed by atoms with E-state index in [1.165, 1.54) is 58.1 Å². The second-order valence-electron chi connectivity index (χ2n) is 14.0. The zero-order valence-corrected chi connectivity index (χ0v) is 30.5. The molecule has 55 heavy (non-hydrogen) atoms. The predicted molar refractivity (Wildman–Crippen MR) is 232 cm³/mol. The summed E-state index contributed by atoms with van der Waals surface area (Å²) in [5, 5.41) is 9.86. The minimum atomic E-state index is 0.640. The molecule has 0 N–H and O–H groups in total. The largest absolute Gasteiger partial charge is 0.208 e. The van der Waals surface area contributed by atoms with Gasteiger partial charge in [0.2, 0.25) is 0 Å². The van der Waals surface area contributed by atoms with E-state index in [9.17, 15) is 0 Å². The van der Waals surface area contributed by atoms with Crippen LogP contribution in [0.3, 0.4) is 0 Å². The average molecular weight is 718 g/mol. The fourth-order valence-corrected chi connectivity index (χ4v) is 9.26. The number of aromatic nitrogens is 3. The summed E-state index contributed by atoms with van der Waals surface area (Å²) in [7, 11) is 0. The molecule has 0 aliphatic heterocycles. The Labute approximate surface area is 321 Å². The van der Waals surface area contributed by atoms with Crippen LogP contribution in [-0.2, 0) is 0 Å². The standard InChI is InChI=1S/C51H31N3S/c1-2-13-35-30-37(29-24-32(35)12-1)39-16-5-8-20-44(39)50-52-49(53-51(54-50)45-22-11-21-43-42-19-9-10-23-47(42)55-48(43)45)34-27-25-33(26-28-34)46-31-36-14-3-4-15-38(36)40-17-6-7-18-41(40)46/h1-31H.